The Labute approximate surface area is 140 Å². The smallest absolute Gasteiger partial charge is 0.257 e. The van der Waals surface area contributed by atoms with Gasteiger partial charge in [-0.15, -0.1) is 0 Å². The lowest BCUT2D eigenvalue weighted by Crippen LogP contribution is -2.23. The second-order valence-electron chi connectivity index (χ2n) is 5.56. The van der Waals surface area contributed by atoms with Crippen molar-refractivity contribution in [2.24, 2.45) is 0 Å². The highest BCUT2D eigenvalue weighted by atomic mass is 16.3. The number of aromatic nitrogens is 3. The van der Waals surface area contributed by atoms with Crippen LogP contribution in [0.15, 0.2) is 41.6 Å². The van der Waals surface area contributed by atoms with Gasteiger partial charge in [0.25, 0.3) is 5.91 Å². The molecule has 126 valence electrons. The number of carbonyl (C=O) groups excluding carboxylic acids is 1. The van der Waals surface area contributed by atoms with Crippen LogP contribution in [0.2, 0.25) is 0 Å². The molecule has 1 amide bonds. The van der Waals surface area contributed by atoms with Gasteiger partial charge in [0.15, 0.2) is 5.65 Å². The Morgan fingerprint density at radius 2 is 2.12 bits per heavy atom. The zero-order chi connectivity index (χ0) is 16.9. The van der Waals surface area contributed by atoms with Crippen molar-refractivity contribution in [1.29, 1.82) is 0 Å². The van der Waals surface area contributed by atoms with Crippen molar-refractivity contribution >= 4 is 11.6 Å². The summed E-state index contributed by atoms with van der Waals surface area (Å²) in [5, 5.41) is 7.10. The lowest BCUT2D eigenvalue weighted by atomic mass is 10.2. The molecule has 0 aliphatic rings. The van der Waals surface area contributed by atoms with Gasteiger partial charge in [0.2, 0.25) is 0 Å². The van der Waals surface area contributed by atoms with Crippen molar-refractivity contribution in [2.75, 3.05) is 13.1 Å². The highest BCUT2D eigenvalue weighted by Gasteiger charge is 2.14. The third-order valence-electron chi connectivity index (χ3n) is 3.99. The fraction of sp³-hybridized carbons (Fsp3) is 0.353. The molecule has 0 aliphatic heterocycles. The van der Waals surface area contributed by atoms with Crippen LogP contribution in [0.1, 0.15) is 35.3 Å². The number of hydrogen-bond acceptors (Lipinski definition) is 5. The van der Waals surface area contributed by atoms with E-state index in [4.69, 9.17) is 4.42 Å². The number of hydrogen-bond donors (Lipinski definition) is 1. The van der Waals surface area contributed by atoms with Crippen LogP contribution in [0.25, 0.3) is 5.65 Å². The maximum atomic E-state index is 12.3. The van der Waals surface area contributed by atoms with E-state index in [1.165, 1.54) is 0 Å². The lowest BCUT2D eigenvalue weighted by molar-refractivity contribution is 0.0952. The van der Waals surface area contributed by atoms with Gasteiger partial charge in [-0.2, -0.15) is 5.10 Å². The van der Waals surface area contributed by atoms with E-state index >= 15 is 0 Å². The van der Waals surface area contributed by atoms with Crippen molar-refractivity contribution in [3.8, 4) is 0 Å². The zero-order valence-electron chi connectivity index (χ0n) is 13.9. The summed E-state index contributed by atoms with van der Waals surface area (Å²) < 4.78 is 6.65. The first-order valence-corrected chi connectivity index (χ1v) is 8.05. The third-order valence-corrected chi connectivity index (χ3v) is 3.99. The van der Waals surface area contributed by atoms with E-state index in [-0.39, 0.29) is 5.91 Å². The van der Waals surface area contributed by atoms with Crippen molar-refractivity contribution < 1.29 is 9.21 Å². The van der Waals surface area contributed by atoms with Crippen molar-refractivity contribution in [3.05, 3.63) is 53.9 Å². The Hall–Kier alpha value is -2.67. The SMILES string of the molecule is CCN(CC)Cc1cnc2c(C(=O)NCc3ccoc3)cnn2c1. The van der Waals surface area contributed by atoms with Crippen LogP contribution >= 0.6 is 0 Å². The molecule has 0 fully saturated rings. The number of furan rings is 1. The molecule has 3 rings (SSSR count). The minimum absolute atomic E-state index is 0.199. The average Bonchev–Trinajstić information content (AvgIpc) is 3.26. The topological polar surface area (TPSA) is 75.7 Å². The first-order chi connectivity index (χ1) is 11.7. The van der Waals surface area contributed by atoms with Gasteiger partial charge in [-0.3, -0.25) is 9.69 Å². The molecular weight excluding hydrogens is 306 g/mol. The highest BCUT2D eigenvalue weighted by molar-refractivity contribution is 5.99. The summed E-state index contributed by atoms with van der Waals surface area (Å²) in [4.78, 5) is 19.0. The molecule has 1 N–H and O–H groups in total. The van der Waals surface area contributed by atoms with E-state index in [1.54, 1.807) is 23.2 Å². The molecule has 7 nitrogen and oxygen atoms in total. The average molecular weight is 327 g/mol. The minimum Gasteiger partial charge on any atom is -0.472 e. The molecule has 24 heavy (non-hydrogen) atoms. The molecule has 0 atom stereocenters. The minimum atomic E-state index is -0.199. The number of nitrogens with zero attached hydrogens (tertiary/aromatic N) is 4. The van der Waals surface area contributed by atoms with E-state index in [1.807, 2.05) is 18.5 Å². The molecular formula is C17H21N5O2. The summed E-state index contributed by atoms with van der Waals surface area (Å²) in [6.45, 7) is 7.45. The molecule has 0 unspecified atom stereocenters. The van der Waals surface area contributed by atoms with Crippen LogP contribution < -0.4 is 5.32 Å². The standard InChI is InChI=1S/C17H21N5O2/c1-3-21(4-2)10-14-8-18-16-15(9-20-22(16)11-14)17(23)19-7-13-5-6-24-12-13/h5-6,8-9,11-12H,3-4,7,10H2,1-2H3,(H,19,23). The molecule has 0 spiro atoms. The summed E-state index contributed by atoms with van der Waals surface area (Å²) in [5.74, 6) is -0.199. The van der Waals surface area contributed by atoms with Crippen molar-refractivity contribution in [2.45, 2.75) is 26.9 Å². The van der Waals surface area contributed by atoms with Gasteiger partial charge in [0.1, 0.15) is 5.56 Å². The monoisotopic (exact) mass is 327 g/mol. The zero-order valence-corrected chi connectivity index (χ0v) is 13.9. The Morgan fingerprint density at radius 3 is 2.83 bits per heavy atom. The summed E-state index contributed by atoms with van der Waals surface area (Å²) in [6, 6.07) is 1.81. The Bertz CT molecular complexity index is 806. The van der Waals surface area contributed by atoms with Gasteiger partial charge in [-0.25, -0.2) is 9.50 Å². The first kappa shape index (κ1) is 16.2. The van der Waals surface area contributed by atoms with Gasteiger partial charge < -0.3 is 9.73 Å². The van der Waals surface area contributed by atoms with E-state index in [0.717, 1.165) is 30.8 Å². The van der Waals surface area contributed by atoms with E-state index in [0.29, 0.717) is 17.8 Å². The predicted molar refractivity (Wildman–Crippen MR) is 89.5 cm³/mol. The summed E-state index contributed by atoms with van der Waals surface area (Å²) >= 11 is 0. The normalized spacial score (nSPS) is 11.3. The maximum absolute atomic E-state index is 12.3. The Balaban J connectivity index is 1.74. The highest BCUT2D eigenvalue weighted by Crippen LogP contribution is 2.11. The fourth-order valence-corrected chi connectivity index (χ4v) is 2.53. The van der Waals surface area contributed by atoms with Gasteiger partial charge >= 0.3 is 0 Å². The molecule has 0 radical (unpaired) electrons. The summed E-state index contributed by atoms with van der Waals surface area (Å²) in [7, 11) is 0. The molecule has 0 bridgehead atoms. The first-order valence-electron chi connectivity index (χ1n) is 8.05. The summed E-state index contributed by atoms with van der Waals surface area (Å²) in [5.41, 5.74) is 3.00. The van der Waals surface area contributed by atoms with E-state index in [9.17, 15) is 4.79 Å². The quantitative estimate of drug-likeness (QED) is 0.719. The largest absolute Gasteiger partial charge is 0.472 e. The predicted octanol–water partition coefficient (Wildman–Crippen LogP) is 2.09. The second kappa shape index (κ2) is 7.27. The molecule has 3 heterocycles. The number of amides is 1. The van der Waals surface area contributed by atoms with Crippen LogP contribution in [-0.2, 0) is 13.1 Å². The summed E-state index contributed by atoms with van der Waals surface area (Å²) in [6.07, 6.45) is 8.47. The van der Waals surface area contributed by atoms with E-state index in [2.05, 4.69) is 34.1 Å². The Morgan fingerprint density at radius 1 is 1.29 bits per heavy atom. The van der Waals surface area contributed by atoms with Gasteiger partial charge in [0.05, 0.1) is 18.7 Å². The van der Waals surface area contributed by atoms with Crippen LogP contribution in [0.3, 0.4) is 0 Å². The molecule has 0 saturated heterocycles. The molecule has 0 aliphatic carbocycles. The second-order valence-corrected chi connectivity index (χ2v) is 5.56. The lowest BCUT2D eigenvalue weighted by Gasteiger charge is -2.17. The molecule has 3 aromatic rings. The van der Waals surface area contributed by atoms with Gasteiger partial charge in [-0.05, 0) is 19.2 Å². The van der Waals surface area contributed by atoms with E-state index < -0.39 is 0 Å². The van der Waals surface area contributed by atoms with Gasteiger partial charge in [0, 0.05) is 36.6 Å². The Kier molecular flexibility index (Phi) is 4.90. The van der Waals surface area contributed by atoms with Crippen molar-refractivity contribution in [3.63, 3.8) is 0 Å². The fourth-order valence-electron chi connectivity index (χ4n) is 2.53. The van der Waals surface area contributed by atoms with Crippen LogP contribution in [0, 0.1) is 0 Å². The number of rotatable bonds is 7. The van der Waals surface area contributed by atoms with Gasteiger partial charge in [-0.1, -0.05) is 13.8 Å². The van der Waals surface area contributed by atoms with Crippen LogP contribution in [0.5, 0.6) is 0 Å². The van der Waals surface area contributed by atoms with Crippen molar-refractivity contribution in [1.82, 2.24) is 24.8 Å². The third kappa shape index (κ3) is 3.46. The van der Waals surface area contributed by atoms with Crippen LogP contribution in [-0.4, -0.2) is 38.5 Å². The maximum Gasteiger partial charge on any atom is 0.257 e. The molecule has 3 aromatic heterocycles. The number of carbonyl (C=O) groups is 1. The number of nitrogens with one attached hydrogen (secondary N) is 1. The van der Waals surface area contributed by atoms with Crippen LogP contribution in [0.4, 0.5) is 0 Å². The molecule has 0 aromatic carbocycles. The molecule has 7 heteroatoms. The number of fused-ring (bicyclic) bond motifs is 1. The molecule has 0 saturated carbocycles.